The zero-order valence-corrected chi connectivity index (χ0v) is 14.2. The fourth-order valence-electron chi connectivity index (χ4n) is 2.45. The van der Waals surface area contributed by atoms with Crippen molar-refractivity contribution in [1.82, 2.24) is 5.32 Å². The Balaban J connectivity index is 3.00. The maximum absolute atomic E-state index is 4.36. The van der Waals surface area contributed by atoms with Gasteiger partial charge in [0.2, 0.25) is 0 Å². The quantitative estimate of drug-likeness (QED) is 0.234. The van der Waals surface area contributed by atoms with Crippen molar-refractivity contribution in [2.24, 2.45) is 0 Å². The molecule has 0 aliphatic carbocycles. The van der Waals surface area contributed by atoms with Gasteiger partial charge in [-0.15, -0.1) is 0 Å². The first kappa shape index (κ1) is 19.7. The Hall–Kier alpha value is -0.300. The first-order valence-electron chi connectivity index (χ1n) is 9.20. The number of allylic oxidation sites excluding steroid dienone is 2. The molecule has 0 bridgehead atoms. The summed E-state index contributed by atoms with van der Waals surface area (Å²) < 4.78 is 0. The van der Waals surface area contributed by atoms with Crippen LogP contribution in [0.3, 0.4) is 0 Å². The van der Waals surface area contributed by atoms with Crippen LogP contribution in [0.25, 0.3) is 0 Å². The van der Waals surface area contributed by atoms with Crippen LogP contribution in [0.4, 0.5) is 0 Å². The molecule has 0 saturated heterocycles. The molecule has 0 heterocycles. The van der Waals surface area contributed by atoms with Crippen molar-refractivity contribution in [3.8, 4) is 0 Å². The van der Waals surface area contributed by atoms with E-state index >= 15 is 0 Å². The number of rotatable bonds is 16. The average molecular weight is 281 g/mol. The standard InChI is InChI=1S/C19H38N/c1-3-5-6-7-8-9-10-11-12-13-14-15-16-17-18-19-20-4-2/h9-10H,3-8,11-19H2,1-2H3. The van der Waals surface area contributed by atoms with Gasteiger partial charge < -0.3 is 0 Å². The van der Waals surface area contributed by atoms with Gasteiger partial charge in [-0.1, -0.05) is 77.4 Å². The molecule has 0 amide bonds. The van der Waals surface area contributed by atoms with Gasteiger partial charge >= 0.3 is 0 Å². The molecule has 0 saturated carbocycles. The summed E-state index contributed by atoms with van der Waals surface area (Å²) in [6, 6.07) is 0. The largest absolute Gasteiger partial charge is 0.242 e. The summed E-state index contributed by atoms with van der Waals surface area (Å²) in [7, 11) is 0. The van der Waals surface area contributed by atoms with E-state index in [1.807, 2.05) is 0 Å². The first-order valence-corrected chi connectivity index (χ1v) is 9.20. The molecule has 0 unspecified atom stereocenters. The summed E-state index contributed by atoms with van der Waals surface area (Å²) in [5, 5.41) is 4.36. The van der Waals surface area contributed by atoms with Crippen molar-refractivity contribution in [1.29, 1.82) is 0 Å². The molecule has 0 spiro atoms. The number of hydrogen-bond acceptors (Lipinski definition) is 0. The molecule has 20 heavy (non-hydrogen) atoms. The minimum atomic E-state index is 0.992. The minimum absolute atomic E-state index is 0.992. The van der Waals surface area contributed by atoms with Gasteiger partial charge in [0.15, 0.2) is 0 Å². The van der Waals surface area contributed by atoms with Crippen LogP contribution < -0.4 is 5.32 Å². The van der Waals surface area contributed by atoms with Crippen molar-refractivity contribution < 1.29 is 0 Å². The minimum Gasteiger partial charge on any atom is -0.242 e. The average Bonchev–Trinajstić information content (AvgIpc) is 2.47. The molecule has 0 aromatic rings. The fraction of sp³-hybridized carbons (Fsp3) is 0.895. The Kier molecular flexibility index (Phi) is 18.4. The predicted molar refractivity (Wildman–Crippen MR) is 92.4 cm³/mol. The number of nitrogens with zero attached hydrogens (tertiary/aromatic N) is 1. The molecular weight excluding hydrogens is 242 g/mol. The summed E-state index contributed by atoms with van der Waals surface area (Å²) in [6.07, 6.45) is 22.7. The molecule has 0 aliphatic heterocycles. The van der Waals surface area contributed by atoms with Crippen molar-refractivity contribution in [3.05, 3.63) is 12.2 Å². The highest BCUT2D eigenvalue weighted by atomic mass is 14.8. The van der Waals surface area contributed by atoms with Crippen LogP contribution >= 0.6 is 0 Å². The lowest BCUT2D eigenvalue weighted by Crippen LogP contribution is -2.04. The zero-order chi connectivity index (χ0) is 14.7. The molecule has 0 aromatic carbocycles. The van der Waals surface area contributed by atoms with E-state index < -0.39 is 0 Å². The zero-order valence-electron chi connectivity index (χ0n) is 14.2. The third-order valence-electron chi connectivity index (χ3n) is 3.80. The number of hydrogen-bond donors (Lipinski definition) is 0. The maximum atomic E-state index is 4.36. The van der Waals surface area contributed by atoms with E-state index in [0.717, 1.165) is 13.1 Å². The van der Waals surface area contributed by atoms with Crippen LogP contribution in [0.5, 0.6) is 0 Å². The molecule has 0 rings (SSSR count). The maximum Gasteiger partial charge on any atom is 0.0133 e. The molecular formula is C19H38N. The Morgan fingerprint density at radius 2 is 1.10 bits per heavy atom. The van der Waals surface area contributed by atoms with E-state index in [4.69, 9.17) is 0 Å². The summed E-state index contributed by atoms with van der Waals surface area (Å²) in [5.41, 5.74) is 0. The lowest BCUT2D eigenvalue weighted by Gasteiger charge is -2.01. The highest BCUT2D eigenvalue weighted by Crippen LogP contribution is 2.09. The second kappa shape index (κ2) is 18.7. The topological polar surface area (TPSA) is 14.1 Å². The van der Waals surface area contributed by atoms with Crippen LogP contribution in [-0.2, 0) is 0 Å². The van der Waals surface area contributed by atoms with Crippen molar-refractivity contribution in [2.45, 2.75) is 97.3 Å². The van der Waals surface area contributed by atoms with E-state index in [1.54, 1.807) is 0 Å². The Labute approximate surface area is 128 Å². The van der Waals surface area contributed by atoms with Gasteiger partial charge in [0.1, 0.15) is 0 Å². The SMILES string of the molecule is CCCCCCC=CCCCCCCCCC[N]CC. The van der Waals surface area contributed by atoms with Gasteiger partial charge in [-0.2, -0.15) is 0 Å². The third kappa shape index (κ3) is 17.7. The van der Waals surface area contributed by atoms with E-state index in [1.165, 1.54) is 83.5 Å². The van der Waals surface area contributed by atoms with Gasteiger partial charge in [-0.3, -0.25) is 0 Å². The van der Waals surface area contributed by atoms with Crippen LogP contribution in [-0.4, -0.2) is 13.1 Å². The Bertz CT molecular complexity index is 186. The monoisotopic (exact) mass is 280 g/mol. The van der Waals surface area contributed by atoms with E-state index in [-0.39, 0.29) is 0 Å². The van der Waals surface area contributed by atoms with Crippen molar-refractivity contribution in [2.75, 3.05) is 13.1 Å². The Morgan fingerprint density at radius 1 is 0.600 bits per heavy atom. The van der Waals surface area contributed by atoms with Crippen LogP contribution in [0.1, 0.15) is 97.3 Å². The summed E-state index contributed by atoms with van der Waals surface area (Å²) >= 11 is 0. The summed E-state index contributed by atoms with van der Waals surface area (Å²) in [4.78, 5) is 0. The highest BCUT2D eigenvalue weighted by molar-refractivity contribution is 4.81. The van der Waals surface area contributed by atoms with E-state index in [2.05, 4.69) is 31.3 Å². The van der Waals surface area contributed by atoms with E-state index in [0.29, 0.717) is 0 Å². The molecule has 0 aliphatic rings. The normalized spacial score (nSPS) is 11.5. The van der Waals surface area contributed by atoms with Crippen LogP contribution in [0, 0.1) is 0 Å². The molecule has 0 N–H and O–H groups in total. The Morgan fingerprint density at radius 3 is 1.65 bits per heavy atom. The molecule has 0 atom stereocenters. The molecule has 0 fully saturated rings. The highest BCUT2D eigenvalue weighted by Gasteiger charge is 1.92. The second-order valence-corrected chi connectivity index (χ2v) is 5.85. The van der Waals surface area contributed by atoms with Crippen molar-refractivity contribution in [3.63, 3.8) is 0 Å². The molecule has 119 valence electrons. The molecule has 1 heteroatoms. The van der Waals surface area contributed by atoms with E-state index in [9.17, 15) is 0 Å². The summed E-state index contributed by atoms with van der Waals surface area (Å²) in [5.74, 6) is 0. The first-order chi connectivity index (χ1) is 9.91. The lowest BCUT2D eigenvalue weighted by molar-refractivity contribution is 0.560. The van der Waals surface area contributed by atoms with Crippen LogP contribution in [0.15, 0.2) is 12.2 Å². The van der Waals surface area contributed by atoms with Gasteiger partial charge in [0.25, 0.3) is 0 Å². The predicted octanol–water partition coefficient (Wildman–Crippen LogP) is 6.26. The van der Waals surface area contributed by atoms with Gasteiger partial charge in [-0.25, -0.2) is 5.32 Å². The second-order valence-electron chi connectivity index (χ2n) is 5.85. The molecule has 1 radical (unpaired) electrons. The number of unbranched alkanes of at least 4 members (excludes halogenated alkanes) is 11. The van der Waals surface area contributed by atoms with Gasteiger partial charge in [0.05, 0.1) is 0 Å². The molecule has 1 nitrogen and oxygen atoms in total. The van der Waals surface area contributed by atoms with Gasteiger partial charge in [-0.05, 0) is 32.1 Å². The van der Waals surface area contributed by atoms with Gasteiger partial charge in [0, 0.05) is 13.1 Å². The third-order valence-corrected chi connectivity index (χ3v) is 3.80. The fourth-order valence-corrected chi connectivity index (χ4v) is 2.45. The summed E-state index contributed by atoms with van der Waals surface area (Å²) in [6.45, 7) is 6.47. The smallest absolute Gasteiger partial charge is 0.0133 e. The molecule has 0 aromatic heterocycles. The van der Waals surface area contributed by atoms with Crippen LogP contribution in [0.2, 0.25) is 0 Å². The lowest BCUT2D eigenvalue weighted by atomic mass is 10.1. The van der Waals surface area contributed by atoms with Crippen molar-refractivity contribution >= 4 is 0 Å².